The third-order valence-corrected chi connectivity index (χ3v) is 3.34. The van der Waals surface area contributed by atoms with E-state index in [0.717, 1.165) is 25.0 Å². The van der Waals surface area contributed by atoms with Crippen LogP contribution in [0.25, 0.3) is 0 Å². The quantitative estimate of drug-likeness (QED) is 0.759. The third-order valence-electron chi connectivity index (χ3n) is 3.34. The summed E-state index contributed by atoms with van der Waals surface area (Å²) in [5.74, 6) is 0.927. The van der Waals surface area contributed by atoms with E-state index in [1.54, 1.807) is 7.11 Å². The van der Waals surface area contributed by atoms with Gasteiger partial charge in [0.1, 0.15) is 5.75 Å². The van der Waals surface area contributed by atoms with Crippen LogP contribution in [-0.4, -0.2) is 30.4 Å². The van der Waals surface area contributed by atoms with Gasteiger partial charge in [0.05, 0.1) is 12.7 Å². The summed E-state index contributed by atoms with van der Waals surface area (Å²) in [5, 5.41) is 13.5. The highest BCUT2D eigenvalue weighted by atomic mass is 16.5. The largest absolute Gasteiger partial charge is 0.496 e. The molecule has 1 aromatic rings. The van der Waals surface area contributed by atoms with E-state index < -0.39 is 5.60 Å². The molecule has 0 saturated carbocycles. The Morgan fingerprint density at radius 1 is 1.37 bits per heavy atom. The molecule has 0 heterocycles. The number of para-hydroxylation sites is 1. The highest BCUT2D eigenvalue weighted by Crippen LogP contribution is 2.19. The van der Waals surface area contributed by atoms with Gasteiger partial charge in [0.25, 0.3) is 0 Å². The van der Waals surface area contributed by atoms with Crippen molar-refractivity contribution >= 4 is 0 Å². The molecule has 0 aliphatic heterocycles. The minimum absolute atomic E-state index is 0.305. The van der Waals surface area contributed by atoms with Crippen molar-refractivity contribution in [1.29, 1.82) is 0 Å². The Hall–Kier alpha value is -1.06. The molecule has 0 aromatic heterocycles. The van der Waals surface area contributed by atoms with E-state index in [4.69, 9.17) is 4.74 Å². The molecule has 2 N–H and O–H groups in total. The van der Waals surface area contributed by atoms with Gasteiger partial charge >= 0.3 is 0 Å². The SMILES string of the molecule is CCCC(C)(O)CNC(C)Cc1ccccc1OC. The van der Waals surface area contributed by atoms with Gasteiger partial charge in [0.15, 0.2) is 0 Å². The molecule has 0 spiro atoms. The average molecular weight is 265 g/mol. The maximum absolute atomic E-state index is 10.1. The van der Waals surface area contributed by atoms with Crippen LogP contribution in [0, 0.1) is 0 Å². The van der Waals surface area contributed by atoms with Gasteiger partial charge < -0.3 is 15.2 Å². The number of hydrogen-bond donors (Lipinski definition) is 2. The van der Waals surface area contributed by atoms with Crippen LogP contribution in [0.15, 0.2) is 24.3 Å². The number of rotatable bonds is 8. The van der Waals surface area contributed by atoms with Gasteiger partial charge in [-0.2, -0.15) is 0 Å². The lowest BCUT2D eigenvalue weighted by Gasteiger charge is -2.26. The second kappa shape index (κ2) is 7.51. The summed E-state index contributed by atoms with van der Waals surface area (Å²) < 4.78 is 5.35. The number of benzene rings is 1. The molecule has 0 aliphatic carbocycles. The summed E-state index contributed by atoms with van der Waals surface area (Å²) in [6, 6.07) is 8.38. The zero-order valence-electron chi connectivity index (χ0n) is 12.6. The molecule has 0 radical (unpaired) electrons. The zero-order chi connectivity index (χ0) is 14.3. The Bertz CT molecular complexity index is 377. The number of methoxy groups -OCH3 is 1. The molecule has 2 unspecified atom stereocenters. The van der Waals surface area contributed by atoms with Gasteiger partial charge in [-0.1, -0.05) is 31.5 Å². The maximum Gasteiger partial charge on any atom is 0.122 e. The molecule has 1 rings (SSSR count). The van der Waals surface area contributed by atoms with E-state index in [1.807, 2.05) is 25.1 Å². The molecule has 19 heavy (non-hydrogen) atoms. The molecule has 2 atom stereocenters. The van der Waals surface area contributed by atoms with Crippen molar-refractivity contribution in [2.45, 2.75) is 51.7 Å². The first-order valence-electron chi connectivity index (χ1n) is 7.06. The molecular weight excluding hydrogens is 238 g/mol. The first kappa shape index (κ1) is 16.0. The van der Waals surface area contributed by atoms with Crippen molar-refractivity contribution in [2.75, 3.05) is 13.7 Å². The first-order chi connectivity index (χ1) is 8.98. The van der Waals surface area contributed by atoms with Gasteiger partial charge in [0, 0.05) is 12.6 Å². The molecule has 0 fully saturated rings. The van der Waals surface area contributed by atoms with Gasteiger partial charge in [-0.05, 0) is 38.3 Å². The lowest BCUT2D eigenvalue weighted by molar-refractivity contribution is 0.0477. The molecule has 0 saturated heterocycles. The molecule has 3 heteroatoms. The summed E-state index contributed by atoms with van der Waals surface area (Å²) >= 11 is 0. The highest BCUT2D eigenvalue weighted by molar-refractivity contribution is 5.33. The zero-order valence-corrected chi connectivity index (χ0v) is 12.6. The Kier molecular flexibility index (Phi) is 6.32. The van der Waals surface area contributed by atoms with Crippen LogP contribution in [0.3, 0.4) is 0 Å². The van der Waals surface area contributed by atoms with Gasteiger partial charge in [-0.3, -0.25) is 0 Å². The van der Waals surface area contributed by atoms with Crippen LogP contribution >= 0.6 is 0 Å². The summed E-state index contributed by atoms with van der Waals surface area (Å²) in [6.45, 7) is 6.73. The van der Waals surface area contributed by atoms with Crippen molar-refractivity contribution < 1.29 is 9.84 Å². The first-order valence-corrected chi connectivity index (χ1v) is 7.06. The lowest BCUT2D eigenvalue weighted by Crippen LogP contribution is -2.42. The van der Waals surface area contributed by atoms with Crippen LogP contribution in [0.2, 0.25) is 0 Å². The minimum Gasteiger partial charge on any atom is -0.496 e. The average Bonchev–Trinajstić information content (AvgIpc) is 2.37. The van der Waals surface area contributed by atoms with Gasteiger partial charge in [-0.25, -0.2) is 0 Å². The van der Waals surface area contributed by atoms with E-state index in [0.29, 0.717) is 12.6 Å². The molecule has 3 nitrogen and oxygen atoms in total. The highest BCUT2D eigenvalue weighted by Gasteiger charge is 2.19. The second-order valence-corrected chi connectivity index (χ2v) is 5.54. The van der Waals surface area contributed by atoms with E-state index in [-0.39, 0.29) is 0 Å². The fraction of sp³-hybridized carbons (Fsp3) is 0.625. The normalized spacial score (nSPS) is 15.8. The summed E-state index contributed by atoms with van der Waals surface area (Å²) in [7, 11) is 1.70. The predicted molar refractivity (Wildman–Crippen MR) is 79.7 cm³/mol. The van der Waals surface area contributed by atoms with Crippen molar-refractivity contribution in [1.82, 2.24) is 5.32 Å². The van der Waals surface area contributed by atoms with Crippen molar-refractivity contribution in [3.63, 3.8) is 0 Å². The van der Waals surface area contributed by atoms with E-state index >= 15 is 0 Å². The molecule has 0 aliphatic rings. The van der Waals surface area contributed by atoms with E-state index in [9.17, 15) is 5.11 Å². The van der Waals surface area contributed by atoms with Crippen LogP contribution in [0.1, 0.15) is 39.2 Å². The minimum atomic E-state index is -0.621. The summed E-state index contributed by atoms with van der Waals surface area (Å²) in [6.07, 6.45) is 2.71. The smallest absolute Gasteiger partial charge is 0.122 e. The maximum atomic E-state index is 10.1. The molecule has 108 valence electrons. The van der Waals surface area contributed by atoms with E-state index in [2.05, 4.69) is 25.2 Å². The number of ether oxygens (including phenoxy) is 1. The standard InChI is InChI=1S/C16H27NO2/c1-5-10-16(3,18)12-17-13(2)11-14-8-6-7-9-15(14)19-4/h6-9,13,17-18H,5,10-12H2,1-4H3. The number of aliphatic hydroxyl groups is 1. The Balaban J connectivity index is 2.49. The van der Waals surface area contributed by atoms with E-state index in [1.165, 1.54) is 5.56 Å². The third kappa shape index (κ3) is 5.62. The summed E-state index contributed by atoms with van der Waals surface area (Å²) in [5.41, 5.74) is 0.573. The summed E-state index contributed by atoms with van der Waals surface area (Å²) in [4.78, 5) is 0. The van der Waals surface area contributed by atoms with Crippen LogP contribution < -0.4 is 10.1 Å². The van der Waals surface area contributed by atoms with Crippen LogP contribution in [0.4, 0.5) is 0 Å². The number of hydrogen-bond acceptors (Lipinski definition) is 3. The van der Waals surface area contributed by atoms with Crippen LogP contribution in [-0.2, 0) is 6.42 Å². The van der Waals surface area contributed by atoms with Crippen molar-refractivity contribution in [3.8, 4) is 5.75 Å². The Morgan fingerprint density at radius 2 is 2.05 bits per heavy atom. The molecule has 0 bridgehead atoms. The molecule has 0 amide bonds. The topological polar surface area (TPSA) is 41.5 Å². The Morgan fingerprint density at radius 3 is 2.68 bits per heavy atom. The number of nitrogens with one attached hydrogen (secondary N) is 1. The predicted octanol–water partition coefficient (Wildman–Crippen LogP) is 2.77. The Labute approximate surface area is 117 Å². The monoisotopic (exact) mass is 265 g/mol. The lowest BCUT2D eigenvalue weighted by atomic mass is 9.99. The molecule has 1 aromatic carbocycles. The molecular formula is C16H27NO2. The van der Waals surface area contributed by atoms with Crippen LogP contribution in [0.5, 0.6) is 5.75 Å². The fourth-order valence-electron chi connectivity index (χ4n) is 2.29. The second-order valence-electron chi connectivity index (χ2n) is 5.54. The van der Waals surface area contributed by atoms with Gasteiger partial charge in [-0.15, -0.1) is 0 Å². The van der Waals surface area contributed by atoms with Gasteiger partial charge in [0.2, 0.25) is 0 Å². The van der Waals surface area contributed by atoms with Crippen molar-refractivity contribution in [2.24, 2.45) is 0 Å². The fourth-order valence-corrected chi connectivity index (χ4v) is 2.29. The van der Waals surface area contributed by atoms with Crippen molar-refractivity contribution in [3.05, 3.63) is 29.8 Å².